The number of likely N-dealkylation sites (tertiary alicyclic amines) is 1. The van der Waals surface area contributed by atoms with E-state index in [-0.39, 0.29) is 24.0 Å². The Morgan fingerprint density at radius 1 is 1.28 bits per heavy atom. The maximum Gasteiger partial charge on any atom is 0.191 e. The number of hydrogen-bond acceptors (Lipinski definition) is 5. The van der Waals surface area contributed by atoms with E-state index in [9.17, 15) is 5.11 Å². The summed E-state index contributed by atoms with van der Waals surface area (Å²) in [6.07, 6.45) is 3.33. The van der Waals surface area contributed by atoms with Gasteiger partial charge in [0.1, 0.15) is 5.75 Å². The van der Waals surface area contributed by atoms with Crippen LogP contribution in [0.4, 0.5) is 0 Å². The zero-order chi connectivity index (χ0) is 19.8. The summed E-state index contributed by atoms with van der Waals surface area (Å²) in [5.74, 6) is 3.46. The number of halogens is 1. The van der Waals surface area contributed by atoms with Gasteiger partial charge in [-0.15, -0.1) is 24.0 Å². The van der Waals surface area contributed by atoms with Gasteiger partial charge in [-0.25, -0.2) is 0 Å². The van der Waals surface area contributed by atoms with Crippen molar-refractivity contribution in [2.75, 3.05) is 51.3 Å². The molecule has 2 fully saturated rings. The maximum atomic E-state index is 10.6. The highest BCUT2D eigenvalue weighted by atomic mass is 127. The van der Waals surface area contributed by atoms with Crippen LogP contribution in [-0.4, -0.2) is 72.9 Å². The van der Waals surface area contributed by atoms with E-state index in [0.29, 0.717) is 12.6 Å². The summed E-state index contributed by atoms with van der Waals surface area (Å²) in [4.78, 5) is 7.22. The number of nitrogens with zero attached hydrogens (tertiary/aromatic N) is 2. The third-order valence-electron chi connectivity index (χ3n) is 5.50. The van der Waals surface area contributed by atoms with Gasteiger partial charge in [-0.05, 0) is 62.7 Å². The monoisotopic (exact) mass is 534 g/mol. The minimum absolute atomic E-state index is 0. The summed E-state index contributed by atoms with van der Waals surface area (Å²) in [6.45, 7) is 6.36. The van der Waals surface area contributed by atoms with Gasteiger partial charge in [0.05, 0.1) is 25.3 Å². The van der Waals surface area contributed by atoms with E-state index in [1.165, 1.54) is 18.4 Å². The number of benzene rings is 1. The summed E-state index contributed by atoms with van der Waals surface area (Å²) < 4.78 is 5.31. The molecule has 0 bridgehead atoms. The van der Waals surface area contributed by atoms with Crippen LogP contribution >= 0.6 is 35.7 Å². The van der Waals surface area contributed by atoms with Gasteiger partial charge in [0.15, 0.2) is 5.96 Å². The van der Waals surface area contributed by atoms with Crippen molar-refractivity contribution >= 4 is 41.7 Å². The van der Waals surface area contributed by atoms with Crippen LogP contribution in [0, 0.1) is 0 Å². The van der Waals surface area contributed by atoms with Crippen LogP contribution in [0.5, 0.6) is 5.75 Å². The van der Waals surface area contributed by atoms with E-state index < -0.39 is 5.60 Å². The number of hydrogen-bond donors (Lipinski definition) is 3. The Hall–Kier alpha value is -0.710. The van der Waals surface area contributed by atoms with Crippen LogP contribution in [0.1, 0.15) is 37.8 Å². The van der Waals surface area contributed by atoms with Gasteiger partial charge in [-0.2, -0.15) is 11.8 Å². The Morgan fingerprint density at radius 3 is 2.59 bits per heavy atom. The van der Waals surface area contributed by atoms with Crippen LogP contribution in [-0.2, 0) is 0 Å². The van der Waals surface area contributed by atoms with Gasteiger partial charge in [0.25, 0.3) is 0 Å². The molecule has 2 unspecified atom stereocenters. The molecule has 1 aromatic carbocycles. The number of thioether (sulfide) groups is 1. The average Bonchev–Trinajstić information content (AvgIpc) is 3.39. The number of aliphatic imine (C=N–C) groups is 1. The fourth-order valence-electron chi connectivity index (χ4n) is 3.82. The lowest BCUT2D eigenvalue weighted by Crippen LogP contribution is -2.44. The molecule has 0 spiro atoms. The number of guanidine groups is 1. The van der Waals surface area contributed by atoms with E-state index in [1.54, 1.807) is 18.9 Å². The van der Waals surface area contributed by atoms with Gasteiger partial charge in [-0.3, -0.25) is 9.89 Å². The highest BCUT2D eigenvalue weighted by Gasteiger charge is 2.31. The second kappa shape index (κ2) is 12.2. The Balaban J connectivity index is 0.00000300. The number of ether oxygens (including phenoxy) is 1. The second-order valence-corrected chi connectivity index (χ2v) is 8.74. The van der Waals surface area contributed by atoms with Crippen molar-refractivity contribution in [3.8, 4) is 5.75 Å². The van der Waals surface area contributed by atoms with Crippen LogP contribution in [0.25, 0.3) is 0 Å². The zero-order valence-electron chi connectivity index (χ0n) is 17.5. The van der Waals surface area contributed by atoms with E-state index in [0.717, 1.165) is 55.8 Å². The van der Waals surface area contributed by atoms with Gasteiger partial charge < -0.3 is 20.5 Å². The lowest BCUT2D eigenvalue weighted by atomic mass is 10.0. The minimum atomic E-state index is -0.655. The summed E-state index contributed by atoms with van der Waals surface area (Å²) in [6, 6.07) is 8.68. The summed E-state index contributed by atoms with van der Waals surface area (Å²) in [5, 5.41) is 17.4. The summed E-state index contributed by atoms with van der Waals surface area (Å²) in [7, 11) is 1.70. The van der Waals surface area contributed by atoms with Gasteiger partial charge in [0.2, 0.25) is 0 Å². The summed E-state index contributed by atoms with van der Waals surface area (Å²) >= 11 is 1.80. The smallest absolute Gasteiger partial charge is 0.191 e. The van der Waals surface area contributed by atoms with Crippen LogP contribution < -0.4 is 15.4 Å². The van der Waals surface area contributed by atoms with E-state index >= 15 is 0 Å². The first-order chi connectivity index (χ1) is 13.6. The molecule has 6 nitrogen and oxygen atoms in total. The van der Waals surface area contributed by atoms with Crippen molar-refractivity contribution in [2.24, 2.45) is 4.99 Å². The molecule has 1 aromatic rings. The molecule has 0 aliphatic carbocycles. The largest absolute Gasteiger partial charge is 0.497 e. The third kappa shape index (κ3) is 7.18. The number of methoxy groups -OCH3 is 1. The molecule has 0 amide bonds. The number of aliphatic hydroxyl groups is 1. The molecule has 3 rings (SSSR count). The highest BCUT2D eigenvalue weighted by Crippen LogP contribution is 2.28. The third-order valence-corrected chi connectivity index (χ3v) is 6.74. The molecular formula is C21H35IN4O2S. The average molecular weight is 535 g/mol. The Bertz CT molecular complexity index is 632. The first kappa shape index (κ1) is 24.6. The molecule has 2 aliphatic heterocycles. The van der Waals surface area contributed by atoms with Crippen LogP contribution in [0.2, 0.25) is 0 Å². The lowest BCUT2D eigenvalue weighted by molar-refractivity contribution is 0.0778. The predicted molar refractivity (Wildman–Crippen MR) is 133 cm³/mol. The zero-order valence-corrected chi connectivity index (χ0v) is 20.7. The molecule has 3 N–H and O–H groups in total. The molecule has 8 heteroatoms. The first-order valence-corrected chi connectivity index (χ1v) is 11.5. The molecule has 164 valence electrons. The normalized spacial score (nSPS) is 23.5. The minimum Gasteiger partial charge on any atom is -0.497 e. The topological polar surface area (TPSA) is 69.1 Å². The predicted octanol–water partition coefficient (Wildman–Crippen LogP) is 2.87. The van der Waals surface area contributed by atoms with Crippen molar-refractivity contribution in [2.45, 2.75) is 37.8 Å². The summed E-state index contributed by atoms with van der Waals surface area (Å²) in [5.41, 5.74) is 0.633. The molecular weight excluding hydrogens is 499 g/mol. The molecule has 29 heavy (non-hydrogen) atoms. The van der Waals surface area contributed by atoms with Gasteiger partial charge in [-0.1, -0.05) is 12.1 Å². The highest BCUT2D eigenvalue weighted by molar-refractivity contribution is 14.0. The van der Waals surface area contributed by atoms with Crippen molar-refractivity contribution in [3.05, 3.63) is 29.8 Å². The molecule has 2 saturated heterocycles. The van der Waals surface area contributed by atoms with E-state index in [1.807, 2.05) is 12.1 Å². The van der Waals surface area contributed by atoms with Gasteiger partial charge in [0, 0.05) is 18.8 Å². The first-order valence-electron chi connectivity index (χ1n) is 10.3. The molecule has 2 heterocycles. The fourth-order valence-corrected chi connectivity index (χ4v) is 5.10. The molecule has 2 atom stereocenters. The molecule has 0 saturated carbocycles. The maximum absolute atomic E-state index is 10.6. The number of nitrogens with one attached hydrogen (secondary N) is 2. The quantitative estimate of drug-likeness (QED) is 0.271. The second-order valence-electron chi connectivity index (χ2n) is 7.64. The lowest BCUT2D eigenvalue weighted by Gasteiger charge is -2.29. The van der Waals surface area contributed by atoms with Crippen molar-refractivity contribution in [3.63, 3.8) is 0 Å². The molecule has 2 aliphatic rings. The van der Waals surface area contributed by atoms with Crippen LogP contribution in [0.3, 0.4) is 0 Å². The van der Waals surface area contributed by atoms with Crippen LogP contribution in [0.15, 0.2) is 29.3 Å². The van der Waals surface area contributed by atoms with Crippen molar-refractivity contribution in [1.29, 1.82) is 0 Å². The SMILES string of the molecule is CCNC(=NCC1(O)CCSC1)NCC(c1ccc(OC)cc1)N1CCCC1.I. The van der Waals surface area contributed by atoms with Crippen molar-refractivity contribution < 1.29 is 9.84 Å². The Labute approximate surface area is 196 Å². The standard InChI is InChI=1S/C21H34N4O2S.HI/c1-3-22-20(24-15-21(26)10-13-28-16-21)23-14-19(25-11-4-5-12-25)17-6-8-18(27-2)9-7-17;/h6-9,19,26H,3-5,10-16H2,1-2H3,(H2,22,23,24);1H. The van der Waals surface area contributed by atoms with E-state index in [2.05, 4.69) is 39.6 Å². The fraction of sp³-hybridized carbons (Fsp3) is 0.667. The molecule has 0 aromatic heterocycles. The Kier molecular flexibility index (Phi) is 10.3. The van der Waals surface area contributed by atoms with Crippen molar-refractivity contribution in [1.82, 2.24) is 15.5 Å². The molecule has 0 radical (unpaired) electrons. The van der Waals surface area contributed by atoms with Gasteiger partial charge >= 0.3 is 0 Å². The number of rotatable bonds is 8. The van der Waals surface area contributed by atoms with E-state index in [4.69, 9.17) is 4.74 Å². The Morgan fingerprint density at radius 2 is 2.00 bits per heavy atom.